The predicted octanol–water partition coefficient (Wildman–Crippen LogP) is 2.40. The Balaban J connectivity index is 1.50. The summed E-state index contributed by atoms with van der Waals surface area (Å²) in [4.78, 5) is 12.3. The number of alkyl halides is 2. The molecule has 0 spiro atoms. The van der Waals surface area contributed by atoms with E-state index >= 15 is 0 Å². The highest BCUT2D eigenvalue weighted by atomic mass is 32.2. The molecular formula is C22H25F2N3O6S. The van der Waals surface area contributed by atoms with Crippen LogP contribution in [-0.4, -0.2) is 64.9 Å². The number of hydrogen-bond donors (Lipinski definition) is 1. The minimum Gasteiger partial charge on any atom is -0.493 e. The number of benzene rings is 2. The molecule has 0 saturated carbocycles. The maximum Gasteiger partial charge on any atom is 0.387 e. The lowest BCUT2D eigenvalue weighted by molar-refractivity contribution is -0.121. The number of rotatable bonds is 10. The number of carbonyl (C=O) groups is 1. The number of hydrazone groups is 1. The maximum atomic E-state index is 12.6. The molecule has 1 amide bonds. The summed E-state index contributed by atoms with van der Waals surface area (Å²) in [6.07, 6.45) is 1.88. The van der Waals surface area contributed by atoms with E-state index in [2.05, 4.69) is 15.3 Å². The van der Waals surface area contributed by atoms with Gasteiger partial charge >= 0.3 is 6.61 Å². The van der Waals surface area contributed by atoms with E-state index < -0.39 is 16.6 Å². The number of sulfonamides is 1. The molecule has 0 aromatic heterocycles. The molecule has 0 aliphatic carbocycles. The van der Waals surface area contributed by atoms with Gasteiger partial charge in [-0.3, -0.25) is 4.79 Å². The quantitative estimate of drug-likeness (QED) is 0.399. The van der Waals surface area contributed by atoms with Gasteiger partial charge in [-0.2, -0.15) is 18.2 Å². The van der Waals surface area contributed by atoms with Gasteiger partial charge in [0, 0.05) is 19.5 Å². The molecule has 1 aliphatic rings. The second-order valence-corrected chi connectivity index (χ2v) is 9.18. The maximum absolute atomic E-state index is 12.6. The average molecular weight is 498 g/mol. The van der Waals surface area contributed by atoms with Crippen molar-refractivity contribution in [3.05, 3.63) is 53.6 Å². The Morgan fingerprint density at radius 1 is 1.18 bits per heavy atom. The van der Waals surface area contributed by atoms with Crippen LogP contribution in [0.25, 0.3) is 0 Å². The third kappa shape index (κ3) is 6.95. The van der Waals surface area contributed by atoms with Crippen LogP contribution < -0.4 is 14.9 Å². The molecule has 9 nitrogen and oxygen atoms in total. The smallest absolute Gasteiger partial charge is 0.387 e. The molecule has 12 heteroatoms. The summed E-state index contributed by atoms with van der Waals surface area (Å²) >= 11 is 0. The van der Waals surface area contributed by atoms with Crippen molar-refractivity contribution in [2.75, 3.05) is 33.4 Å². The van der Waals surface area contributed by atoms with Crippen LogP contribution in [0.1, 0.15) is 17.5 Å². The van der Waals surface area contributed by atoms with E-state index in [1.165, 1.54) is 48.0 Å². The number of halogens is 2. The van der Waals surface area contributed by atoms with Crippen molar-refractivity contribution in [1.29, 1.82) is 0 Å². The summed E-state index contributed by atoms with van der Waals surface area (Å²) in [6.45, 7) is -1.57. The molecule has 2 aromatic rings. The summed E-state index contributed by atoms with van der Waals surface area (Å²) in [5, 5.41) is 3.85. The fraction of sp³-hybridized carbons (Fsp3) is 0.364. The highest BCUT2D eigenvalue weighted by Gasteiger charge is 2.26. The topological polar surface area (TPSA) is 107 Å². The van der Waals surface area contributed by atoms with Crippen molar-refractivity contribution in [3.63, 3.8) is 0 Å². The number of morpholine rings is 1. The number of methoxy groups -OCH3 is 1. The van der Waals surface area contributed by atoms with Crippen LogP contribution in [-0.2, 0) is 26.0 Å². The largest absolute Gasteiger partial charge is 0.493 e. The Hall–Kier alpha value is -3.09. The first-order valence-corrected chi connectivity index (χ1v) is 11.8. The second-order valence-electron chi connectivity index (χ2n) is 7.24. The van der Waals surface area contributed by atoms with Crippen molar-refractivity contribution in [2.45, 2.75) is 24.3 Å². The first kappa shape index (κ1) is 25.5. The van der Waals surface area contributed by atoms with Gasteiger partial charge in [0.25, 0.3) is 0 Å². The minimum atomic E-state index is -3.56. The van der Waals surface area contributed by atoms with Gasteiger partial charge in [0.2, 0.25) is 15.9 Å². The van der Waals surface area contributed by atoms with Gasteiger partial charge in [-0.1, -0.05) is 12.1 Å². The lowest BCUT2D eigenvalue weighted by Crippen LogP contribution is -2.40. The third-order valence-electron chi connectivity index (χ3n) is 4.98. The minimum absolute atomic E-state index is 0.106. The molecule has 3 rings (SSSR count). The Labute approximate surface area is 196 Å². The molecule has 0 atom stereocenters. The summed E-state index contributed by atoms with van der Waals surface area (Å²) in [5.74, 6) is -0.344. The molecular weight excluding hydrogens is 472 g/mol. The lowest BCUT2D eigenvalue weighted by atomic mass is 10.1. The van der Waals surface area contributed by atoms with Gasteiger partial charge in [-0.15, -0.1) is 0 Å². The lowest BCUT2D eigenvalue weighted by Gasteiger charge is -2.26. The van der Waals surface area contributed by atoms with Crippen LogP contribution in [0.4, 0.5) is 8.78 Å². The normalized spacial score (nSPS) is 14.9. The van der Waals surface area contributed by atoms with Crippen molar-refractivity contribution < 1.29 is 36.2 Å². The molecule has 1 fully saturated rings. The zero-order chi connectivity index (χ0) is 24.6. The van der Waals surface area contributed by atoms with E-state index in [0.29, 0.717) is 38.3 Å². The number of carbonyl (C=O) groups excluding carboxylic acids is 1. The van der Waals surface area contributed by atoms with Gasteiger partial charge in [-0.05, 0) is 47.9 Å². The standard InChI is InChI=1S/C22H25F2N3O6S/c1-31-20-14-17(4-8-19(20)33-22(23)24)15-25-26-21(28)9-5-16-2-6-18(7-3-16)34(29,30)27-10-12-32-13-11-27/h2-4,6-8,14-15,22H,5,9-13H2,1H3,(H,26,28)/b25-15+. The first-order chi connectivity index (χ1) is 16.3. The fourth-order valence-corrected chi connectivity index (χ4v) is 4.62. The zero-order valence-corrected chi connectivity index (χ0v) is 19.3. The Kier molecular flexibility index (Phi) is 8.91. The van der Waals surface area contributed by atoms with Crippen molar-refractivity contribution in [1.82, 2.24) is 9.73 Å². The fourth-order valence-electron chi connectivity index (χ4n) is 3.21. The molecule has 0 radical (unpaired) electrons. The first-order valence-electron chi connectivity index (χ1n) is 10.4. The molecule has 0 bridgehead atoms. The number of aryl methyl sites for hydroxylation is 1. The molecule has 1 heterocycles. The SMILES string of the molecule is COc1cc(/C=N/NC(=O)CCc2ccc(S(=O)(=O)N3CCOCC3)cc2)ccc1OC(F)F. The number of amides is 1. The highest BCUT2D eigenvalue weighted by molar-refractivity contribution is 7.89. The monoisotopic (exact) mass is 497 g/mol. The van der Waals surface area contributed by atoms with Gasteiger partial charge in [0.1, 0.15) is 0 Å². The summed E-state index contributed by atoms with van der Waals surface area (Å²) < 4.78 is 66.0. The van der Waals surface area contributed by atoms with E-state index in [4.69, 9.17) is 9.47 Å². The molecule has 1 aliphatic heterocycles. The van der Waals surface area contributed by atoms with Gasteiger partial charge < -0.3 is 14.2 Å². The van der Waals surface area contributed by atoms with E-state index in [1.54, 1.807) is 12.1 Å². The van der Waals surface area contributed by atoms with E-state index in [0.717, 1.165) is 5.56 Å². The van der Waals surface area contributed by atoms with Gasteiger partial charge in [0.05, 0.1) is 31.4 Å². The van der Waals surface area contributed by atoms with Crippen LogP contribution in [0.3, 0.4) is 0 Å². The van der Waals surface area contributed by atoms with Crippen LogP contribution in [0.15, 0.2) is 52.5 Å². The molecule has 34 heavy (non-hydrogen) atoms. The van der Waals surface area contributed by atoms with Crippen molar-refractivity contribution in [2.24, 2.45) is 5.10 Å². The van der Waals surface area contributed by atoms with E-state index in [1.807, 2.05) is 0 Å². The average Bonchev–Trinajstić information content (AvgIpc) is 2.84. The summed E-state index contributed by atoms with van der Waals surface area (Å²) in [6, 6.07) is 10.7. The molecule has 1 N–H and O–H groups in total. The number of nitrogens with zero attached hydrogens (tertiary/aromatic N) is 2. The third-order valence-corrected chi connectivity index (χ3v) is 6.89. The van der Waals surface area contributed by atoms with Crippen LogP contribution in [0.5, 0.6) is 11.5 Å². The Morgan fingerprint density at radius 2 is 1.88 bits per heavy atom. The number of nitrogens with one attached hydrogen (secondary N) is 1. The van der Waals surface area contributed by atoms with Crippen LogP contribution in [0.2, 0.25) is 0 Å². The number of hydrogen-bond acceptors (Lipinski definition) is 7. The van der Waals surface area contributed by atoms with Gasteiger partial charge in [-0.25, -0.2) is 13.8 Å². The molecule has 1 saturated heterocycles. The van der Waals surface area contributed by atoms with Crippen LogP contribution >= 0.6 is 0 Å². The highest BCUT2D eigenvalue weighted by Crippen LogP contribution is 2.28. The summed E-state index contributed by atoms with van der Waals surface area (Å²) in [5.41, 5.74) is 3.70. The summed E-state index contributed by atoms with van der Waals surface area (Å²) in [7, 11) is -2.24. The molecule has 184 valence electrons. The predicted molar refractivity (Wildman–Crippen MR) is 120 cm³/mol. The number of ether oxygens (including phenoxy) is 3. The van der Waals surface area contributed by atoms with E-state index in [-0.39, 0.29) is 28.7 Å². The second kappa shape index (κ2) is 11.9. The van der Waals surface area contributed by atoms with E-state index in [9.17, 15) is 22.0 Å². The molecule has 0 unspecified atom stereocenters. The van der Waals surface area contributed by atoms with Crippen LogP contribution in [0, 0.1) is 0 Å². The van der Waals surface area contributed by atoms with Crippen molar-refractivity contribution in [3.8, 4) is 11.5 Å². The molecule has 2 aromatic carbocycles. The van der Waals surface area contributed by atoms with Gasteiger partial charge in [0.15, 0.2) is 11.5 Å². The Bertz CT molecular complexity index is 1100. The zero-order valence-electron chi connectivity index (χ0n) is 18.4. The van der Waals surface area contributed by atoms with Crippen molar-refractivity contribution >= 4 is 22.1 Å². The Morgan fingerprint density at radius 3 is 2.53 bits per heavy atom.